The van der Waals surface area contributed by atoms with Gasteiger partial charge in [0.05, 0.1) is 6.10 Å². The van der Waals surface area contributed by atoms with Gasteiger partial charge in [0.1, 0.15) is 0 Å². The van der Waals surface area contributed by atoms with E-state index in [1.807, 2.05) is 24.3 Å². The molecule has 2 aliphatic rings. The molecule has 1 aliphatic carbocycles. The van der Waals surface area contributed by atoms with Gasteiger partial charge in [0.25, 0.3) is 0 Å². The van der Waals surface area contributed by atoms with Crippen molar-refractivity contribution in [1.82, 2.24) is 15.5 Å². The summed E-state index contributed by atoms with van der Waals surface area (Å²) in [5.74, 6) is 1.45. The van der Waals surface area contributed by atoms with Gasteiger partial charge in [-0.15, -0.1) is 10.2 Å². The fourth-order valence-corrected chi connectivity index (χ4v) is 3.80. The number of anilines is 1. The van der Waals surface area contributed by atoms with E-state index < -0.39 is 0 Å². The SMILES string of the molecule is Cc1nnc(-c2ccc(NC(=O)N[C@@H]3CCC[C@H]4OCC[C@H]34)cc2)o1. The third-order valence-electron chi connectivity index (χ3n) is 5.01. The van der Waals surface area contributed by atoms with Crippen LogP contribution in [0.25, 0.3) is 11.5 Å². The first-order valence-electron chi connectivity index (χ1n) is 8.79. The van der Waals surface area contributed by atoms with Crippen molar-refractivity contribution in [2.45, 2.75) is 44.8 Å². The summed E-state index contributed by atoms with van der Waals surface area (Å²) in [6.07, 6.45) is 4.59. The van der Waals surface area contributed by atoms with E-state index in [9.17, 15) is 4.79 Å². The molecule has 1 aromatic carbocycles. The van der Waals surface area contributed by atoms with Gasteiger partial charge in [-0.05, 0) is 49.9 Å². The second-order valence-electron chi connectivity index (χ2n) is 6.70. The standard InChI is InChI=1S/C18H22N4O3/c1-11-21-22-17(25-11)12-5-7-13(8-6-12)19-18(23)20-15-3-2-4-16-14(15)9-10-24-16/h5-8,14-16H,2-4,9-10H2,1H3,(H2,19,20,23)/t14-,15-,16-/m1/s1. The predicted octanol–water partition coefficient (Wildman–Crippen LogP) is 3.12. The number of amides is 2. The summed E-state index contributed by atoms with van der Waals surface area (Å²) in [5, 5.41) is 13.8. The Balaban J connectivity index is 1.36. The van der Waals surface area contributed by atoms with Gasteiger partial charge in [-0.3, -0.25) is 0 Å². The first kappa shape index (κ1) is 16.1. The molecule has 7 nitrogen and oxygen atoms in total. The number of aryl methyl sites for hydroxylation is 1. The van der Waals surface area contributed by atoms with Crippen LogP contribution in [0.3, 0.4) is 0 Å². The number of benzene rings is 1. The molecule has 0 spiro atoms. The van der Waals surface area contributed by atoms with Crippen LogP contribution in [0.5, 0.6) is 0 Å². The van der Waals surface area contributed by atoms with Crippen molar-refractivity contribution in [3.63, 3.8) is 0 Å². The number of ether oxygens (including phenoxy) is 1. The lowest BCUT2D eigenvalue weighted by Gasteiger charge is -2.33. The van der Waals surface area contributed by atoms with Gasteiger partial charge >= 0.3 is 6.03 Å². The van der Waals surface area contributed by atoms with E-state index in [-0.39, 0.29) is 12.1 Å². The monoisotopic (exact) mass is 342 g/mol. The topological polar surface area (TPSA) is 89.3 Å². The number of fused-ring (bicyclic) bond motifs is 1. The minimum Gasteiger partial charge on any atom is -0.421 e. The van der Waals surface area contributed by atoms with Gasteiger partial charge in [-0.2, -0.15) is 0 Å². The summed E-state index contributed by atoms with van der Waals surface area (Å²) in [4.78, 5) is 12.3. The van der Waals surface area contributed by atoms with Crippen LogP contribution in [0, 0.1) is 12.8 Å². The minimum atomic E-state index is -0.168. The second kappa shape index (κ2) is 6.84. The first-order valence-corrected chi connectivity index (χ1v) is 8.79. The molecule has 2 amide bonds. The van der Waals surface area contributed by atoms with Crippen molar-refractivity contribution in [3.8, 4) is 11.5 Å². The smallest absolute Gasteiger partial charge is 0.319 e. The second-order valence-corrected chi connectivity index (χ2v) is 6.70. The summed E-state index contributed by atoms with van der Waals surface area (Å²) in [6.45, 7) is 2.56. The van der Waals surface area contributed by atoms with E-state index in [1.54, 1.807) is 6.92 Å². The van der Waals surface area contributed by atoms with Crippen molar-refractivity contribution in [3.05, 3.63) is 30.2 Å². The number of hydrogen-bond acceptors (Lipinski definition) is 5. The van der Waals surface area contributed by atoms with Crippen molar-refractivity contribution in [2.24, 2.45) is 5.92 Å². The number of nitrogens with one attached hydrogen (secondary N) is 2. The Morgan fingerprint density at radius 1 is 1.16 bits per heavy atom. The Morgan fingerprint density at radius 3 is 2.76 bits per heavy atom. The number of carbonyl (C=O) groups excluding carboxylic acids is 1. The molecule has 2 aromatic rings. The van der Waals surface area contributed by atoms with Gasteiger partial charge in [-0.25, -0.2) is 4.79 Å². The Bertz CT molecular complexity index is 743. The van der Waals surface area contributed by atoms with Crippen LogP contribution in [0.4, 0.5) is 10.5 Å². The molecular formula is C18H22N4O3. The van der Waals surface area contributed by atoms with Crippen LogP contribution < -0.4 is 10.6 Å². The molecule has 2 fully saturated rings. The molecule has 1 saturated carbocycles. The number of rotatable bonds is 3. The van der Waals surface area contributed by atoms with E-state index >= 15 is 0 Å². The van der Waals surface area contributed by atoms with E-state index in [0.29, 0.717) is 23.8 Å². The highest BCUT2D eigenvalue weighted by atomic mass is 16.5. The summed E-state index contributed by atoms with van der Waals surface area (Å²) < 4.78 is 11.1. The molecule has 132 valence electrons. The molecular weight excluding hydrogens is 320 g/mol. The molecule has 4 rings (SSSR count). The quantitative estimate of drug-likeness (QED) is 0.894. The molecule has 0 radical (unpaired) electrons. The summed E-state index contributed by atoms with van der Waals surface area (Å²) in [5.41, 5.74) is 1.55. The molecule has 2 N–H and O–H groups in total. The normalized spacial score (nSPS) is 25.4. The maximum Gasteiger partial charge on any atom is 0.319 e. The van der Waals surface area contributed by atoms with E-state index in [0.717, 1.165) is 43.5 Å². The van der Waals surface area contributed by atoms with Crippen molar-refractivity contribution in [2.75, 3.05) is 11.9 Å². The fraction of sp³-hybridized carbons (Fsp3) is 0.500. The van der Waals surface area contributed by atoms with Gasteiger partial charge in [0.15, 0.2) is 0 Å². The van der Waals surface area contributed by atoms with Crippen LogP contribution in [0.1, 0.15) is 31.6 Å². The molecule has 2 heterocycles. The third kappa shape index (κ3) is 3.51. The maximum absolute atomic E-state index is 12.3. The number of hydrogen-bond donors (Lipinski definition) is 2. The molecule has 1 aromatic heterocycles. The summed E-state index contributed by atoms with van der Waals surface area (Å²) in [7, 11) is 0. The predicted molar refractivity (Wildman–Crippen MR) is 92.1 cm³/mol. The average molecular weight is 342 g/mol. The van der Waals surface area contributed by atoms with Gasteiger partial charge in [0.2, 0.25) is 11.8 Å². The Kier molecular flexibility index (Phi) is 4.40. The zero-order valence-corrected chi connectivity index (χ0v) is 14.2. The van der Waals surface area contributed by atoms with Crippen molar-refractivity contribution >= 4 is 11.7 Å². The molecule has 7 heteroatoms. The molecule has 25 heavy (non-hydrogen) atoms. The van der Waals surface area contributed by atoms with Crippen molar-refractivity contribution in [1.29, 1.82) is 0 Å². The number of carbonyl (C=O) groups is 1. The lowest BCUT2D eigenvalue weighted by molar-refractivity contribution is 0.0553. The molecule has 1 aliphatic heterocycles. The van der Waals surface area contributed by atoms with E-state index in [2.05, 4.69) is 20.8 Å². The minimum absolute atomic E-state index is 0.168. The largest absolute Gasteiger partial charge is 0.421 e. The molecule has 0 unspecified atom stereocenters. The van der Waals surface area contributed by atoms with Crippen LogP contribution in [0.15, 0.2) is 28.7 Å². The number of aromatic nitrogens is 2. The zero-order valence-electron chi connectivity index (χ0n) is 14.2. The van der Waals surface area contributed by atoms with E-state index in [1.165, 1.54) is 0 Å². The molecule has 1 saturated heterocycles. The fourth-order valence-electron chi connectivity index (χ4n) is 3.80. The van der Waals surface area contributed by atoms with Gasteiger partial charge in [-0.1, -0.05) is 0 Å². The molecule has 3 atom stereocenters. The highest BCUT2D eigenvalue weighted by Gasteiger charge is 2.38. The van der Waals surface area contributed by atoms with Crippen molar-refractivity contribution < 1.29 is 13.9 Å². The maximum atomic E-state index is 12.3. The summed E-state index contributed by atoms with van der Waals surface area (Å²) in [6, 6.07) is 7.39. The lowest BCUT2D eigenvalue weighted by atomic mass is 9.82. The van der Waals surface area contributed by atoms with Gasteiger partial charge in [0, 0.05) is 36.7 Å². The highest BCUT2D eigenvalue weighted by Crippen LogP contribution is 2.34. The molecule has 0 bridgehead atoms. The van der Waals surface area contributed by atoms with Gasteiger partial charge < -0.3 is 19.8 Å². The third-order valence-corrected chi connectivity index (χ3v) is 5.01. The Morgan fingerprint density at radius 2 is 2.00 bits per heavy atom. The Hall–Kier alpha value is -2.41. The first-order chi connectivity index (χ1) is 12.2. The van der Waals surface area contributed by atoms with Crippen LogP contribution in [0.2, 0.25) is 0 Å². The van der Waals surface area contributed by atoms with Crippen LogP contribution in [-0.4, -0.2) is 35.0 Å². The zero-order chi connectivity index (χ0) is 17.2. The average Bonchev–Trinajstić information content (AvgIpc) is 3.25. The number of urea groups is 1. The number of nitrogens with zero attached hydrogens (tertiary/aromatic N) is 2. The summed E-state index contributed by atoms with van der Waals surface area (Å²) >= 11 is 0. The lowest BCUT2D eigenvalue weighted by Crippen LogP contribution is -2.47. The van der Waals surface area contributed by atoms with Crippen LogP contribution >= 0.6 is 0 Å². The highest BCUT2D eigenvalue weighted by molar-refractivity contribution is 5.89. The Labute approximate surface area is 146 Å². The van der Waals surface area contributed by atoms with E-state index in [4.69, 9.17) is 9.15 Å². The van der Waals surface area contributed by atoms with Crippen LogP contribution in [-0.2, 0) is 4.74 Å².